The molecule has 0 unspecified atom stereocenters. The average molecular weight is 514 g/mol. The second kappa shape index (κ2) is 12.0. The molecule has 13 heteroatoms. The molecule has 3 N–H and O–H groups in total. The van der Waals surface area contributed by atoms with Crippen molar-refractivity contribution in [1.29, 1.82) is 0 Å². The Balaban J connectivity index is 1.72. The van der Waals surface area contributed by atoms with Gasteiger partial charge >= 0.3 is 12.1 Å². The minimum atomic E-state index is -0.665. The van der Waals surface area contributed by atoms with Crippen LogP contribution >= 0.6 is 0 Å². The Morgan fingerprint density at radius 3 is 2.54 bits per heavy atom. The number of carbonyl (C=O) groups is 3. The summed E-state index contributed by atoms with van der Waals surface area (Å²) in [6.07, 6.45) is 0.787. The molecule has 37 heavy (non-hydrogen) atoms. The Morgan fingerprint density at radius 1 is 1.14 bits per heavy atom. The number of nitrogens with two attached hydrogens (primary N) is 1. The fourth-order valence-electron chi connectivity index (χ4n) is 3.24. The zero-order valence-corrected chi connectivity index (χ0v) is 21.3. The molecule has 198 valence electrons. The molecular weight excluding hydrogens is 482 g/mol. The Hall–Kier alpha value is -4.42. The van der Waals surface area contributed by atoms with Crippen molar-refractivity contribution in [2.75, 3.05) is 32.5 Å². The van der Waals surface area contributed by atoms with Crippen LogP contribution in [-0.2, 0) is 32.2 Å². The van der Waals surface area contributed by atoms with Crippen LogP contribution < -0.4 is 15.8 Å². The van der Waals surface area contributed by atoms with Crippen LogP contribution in [0.25, 0.3) is 11.2 Å². The molecule has 0 fully saturated rings. The molecule has 3 rings (SSSR count). The van der Waals surface area contributed by atoms with Crippen LogP contribution in [0.4, 0.5) is 10.7 Å². The molecule has 2 amide bonds. The maximum absolute atomic E-state index is 13.1. The first-order valence-corrected chi connectivity index (χ1v) is 11.5. The van der Waals surface area contributed by atoms with E-state index in [9.17, 15) is 14.4 Å². The van der Waals surface area contributed by atoms with Gasteiger partial charge in [0, 0.05) is 13.1 Å². The smallest absolute Gasteiger partial charge is 0.407 e. The topological polar surface area (TPSA) is 164 Å². The van der Waals surface area contributed by atoms with Crippen LogP contribution in [0.15, 0.2) is 36.7 Å². The van der Waals surface area contributed by atoms with Crippen molar-refractivity contribution in [3.8, 4) is 5.88 Å². The third-order valence-electron chi connectivity index (χ3n) is 4.92. The number of amides is 2. The first kappa shape index (κ1) is 27.2. The van der Waals surface area contributed by atoms with Crippen molar-refractivity contribution in [2.24, 2.45) is 0 Å². The number of hydrogen-bond donors (Lipinski definition) is 2. The van der Waals surface area contributed by atoms with E-state index in [1.165, 1.54) is 22.9 Å². The van der Waals surface area contributed by atoms with Crippen LogP contribution in [0.5, 0.6) is 5.88 Å². The Kier molecular flexibility index (Phi) is 8.82. The number of alkyl carbamates (subject to hydrolysis) is 1. The van der Waals surface area contributed by atoms with E-state index in [1.807, 2.05) is 30.3 Å². The first-order valence-electron chi connectivity index (χ1n) is 11.5. The van der Waals surface area contributed by atoms with Crippen LogP contribution in [0.2, 0.25) is 0 Å². The van der Waals surface area contributed by atoms with E-state index < -0.39 is 23.6 Å². The van der Waals surface area contributed by atoms with Gasteiger partial charge in [0.15, 0.2) is 11.2 Å². The van der Waals surface area contributed by atoms with Gasteiger partial charge in [0.05, 0.1) is 13.4 Å². The Labute approximate surface area is 213 Å². The fourth-order valence-corrected chi connectivity index (χ4v) is 3.24. The van der Waals surface area contributed by atoms with Gasteiger partial charge in [-0.3, -0.25) is 9.59 Å². The minimum absolute atomic E-state index is 0.0438. The van der Waals surface area contributed by atoms with E-state index in [0.717, 1.165) is 5.56 Å². The van der Waals surface area contributed by atoms with Crippen molar-refractivity contribution in [1.82, 2.24) is 29.7 Å². The number of benzene rings is 1. The summed E-state index contributed by atoms with van der Waals surface area (Å²) < 4.78 is 17.2. The summed E-state index contributed by atoms with van der Waals surface area (Å²) in [5.41, 5.74) is 6.79. The van der Waals surface area contributed by atoms with Crippen molar-refractivity contribution < 1.29 is 28.6 Å². The Morgan fingerprint density at radius 2 is 1.86 bits per heavy atom. The summed E-state index contributed by atoms with van der Waals surface area (Å²) in [6, 6.07) is 9.51. The third kappa shape index (κ3) is 8.05. The highest BCUT2D eigenvalue weighted by atomic mass is 16.6. The molecule has 0 aliphatic rings. The van der Waals surface area contributed by atoms with Gasteiger partial charge in [-0.05, 0) is 26.3 Å². The van der Waals surface area contributed by atoms with Gasteiger partial charge in [0.2, 0.25) is 17.7 Å². The highest BCUT2D eigenvalue weighted by molar-refractivity contribution is 5.84. The molecule has 0 spiro atoms. The van der Waals surface area contributed by atoms with Gasteiger partial charge in [0.1, 0.15) is 25.3 Å². The van der Waals surface area contributed by atoms with Crippen molar-refractivity contribution >= 4 is 35.1 Å². The number of fused-ring (bicyclic) bond motifs is 1. The number of anilines is 1. The van der Waals surface area contributed by atoms with Crippen LogP contribution in [0.3, 0.4) is 0 Å². The second-order valence-electron chi connectivity index (χ2n) is 9.03. The molecule has 2 heterocycles. The summed E-state index contributed by atoms with van der Waals surface area (Å²) >= 11 is 0. The second-order valence-corrected chi connectivity index (χ2v) is 9.03. The Bertz CT molecular complexity index is 1240. The number of nitrogen functional groups attached to an aromatic ring is 1. The van der Waals surface area contributed by atoms with Gasteiger partial charge in [-0.1, -0.05) is 30.3 Å². The van der Waals surface area contributed by atoms with Crippen LogP contribution in [0, 0.1) is 0 Å². The number of imidazole rings is 1. The SMILES string of the molecule is COC(=O)CN(CCNC(=O)OC(C)(C)C)C(=O)Cn1cnc2c(OCc3ccccc3)nc(N)nc21. The lowest BCUT2D eigenvalue weighted by Crippen LogP contribution is -2.43. The van der Waals surface area contributed by atoms with Gasteiger partial charge in [-0.25, -0.2) is 9.78 Å². The number of aromatic nitrogens is 4. The van der Waals surface area contributed by atoms with Crippen LogP contribution in [0.1, 0.15) is 26.3 Å². The summed E-state index contributed by atoms with van der Waals surface area (Å²) in [5, 5.41) is 2.57. The lowest BCUT2D eigenvalue weighted by molar-refractivity contribution is -0.147. The van der Waals surface area contributed by atoms with Crippen LogP contribution in [-0.4, -0.2) is 74.7 Å². The summed E-state index contributed by atoms with van der Waals surface area (Å²) in [6.45, 7) is 5.07. The highest BCUT2D eigenvalue weighted by Crippen LogP contribution is 2.23. The fraction of sp³-hybridized carbons (Fsp3) is 0.417. The zero-order chi connectivity index (χ0) is 27.0. The van der Waals surface area contributed by atoms with E-state index in [1.54, 1.807) is 20.8 Å². The molecule has 1 aromatic carbocycles. The number of ether oxygens (including phenoxy) is 3. The molecule has 2 aromatic heterocycles. The lowest BCUT2D eigenvalue weighted by Gasteiger charge is -2.23. The number of hydrogen-bond acceptors (Lipinski definition) is 10. The van der Waals surface area contributed by atoms with E-state index in [2.05, 4.69) is 20.3 Å². The number of carbonyl (C=O) groups excluding carboxylic acids is 3. The number of nitrogens with one attached hydrogen (secondary N) is 1. The monoisotopic (exact) mass is 513 g/mol. The quantitative estimate of drug-likeness (QED) is 0.380. The maximum atomic E-state index is 13.1. The molecule has 0 saturated heterocycles. The molecule has 13 nitrogen and oxygen atoms in total. The standard InChI is InChI=1S/C24H31N7O6/c1-24(2,3)37-23(34)26-10-11-30(13-18(33)35-4)17(32)12-31-15-27-19-20(31)28-22(25)29-21(19)36-14-16-8-6-5-7-9-16/h5-9,15H,10-14H2,1-4H3,(H,26,34)(H2,25,28,29). The van der Waals surface area contributed by atoms with E-state index in [-0.39, 0.29) is 44.6 Å². The van der Waals surface area contributed by atoms with Crippen molar-refractivity contribution in [2.45, 2.75) is 39.5 Å². The summed E-state index contributed by atoms with van der Waals surface area (Å²) in [7, 11) is 1.23. The lowest BCUT2D eigenvalue weighted by atomic mass is 10.2. The number of methoxy groups -OCH3 is 1. The normalized spacial score (nSPS) is 11.1. The van der Waals surface area contributed by atoms with Gasteiger partial charge < -0.3 is 34.7 Å². The number of esters is 1. The molecule has 0 saturated carbocycles. The predicted octanol–water partition coefficient (Wildman–Crippen LogP) is 1.51. The number of rotatable bonds is 10. The molecule has 0 aliphatic carbocycles. The minimum Gasteiger partial charge on any atom is -0.471 e. The zero-order valence-electron chi connectivity index (χ0n) is 21.3. The first-order chi connectivity index (χ1) is 17.6. The summed E-state index contributed by atoms with van der Waals surface area (Å²) in [5.74, 6) is -0.896. The molecular formula is C24H31N7O6. The van der Waals surface area contributed by atoms with E-state index >= 15 is 0 Å². The predicted molar refractivity (Wildman–Crippen MR) is 133 cm³/mol. The largest absolute Gasteiger partial charge is 0.471 e. The van der Waals surface area contributed by atoms with Crippen molar-refractivity contribution in [3.63, 3.8) is 0 Å². The average Bonchev–Trinajstić information content (AvgIpc) is 3.23. The summed E-state index contributed by atoms with van der Waals surface area (Å²) in [4.78, 5) is 50.8. The third-order valence-corrected chi connectivity index (χ3v) is 4.92. The highest BCUT2D eigenvalue weighted by Gasteiger charge is 2.22. The molecule has 3 aromatic rings. The molecule has 0 aliphatic heterocycles. The van der Waals surface area contributed by atoms with E-state index in [4.69, 9.17) is 19.9 Å². The van der Waals surface area contributed by atoms with Gasteiger partial charge in [-0.15, -0.1) is 0 Å². The van der Waals surface area contributed by atoms with Crippen molar-refractivity contribution in [3.05, 3.63) is 42.2 Å². The van der Waals surface area contributed by atoms with Gasteiger partial charge in [-0.2, -0.15) is 9.97 Å². The molecule has 0 radical (unpaired) electrons. The maximum Gasteiger partial charge on any atom is 0.407 e. The molecule has 0 bridgehead atoms. The van der Waals surface area contributed by atoms with E-state index in [0.29, 0.717) is 11.2 Å². The molecule has 0 atom stereocenters. The van der Waals surface area contributed by atoms with Gasteiger partial charge in [0.25, 0.3) is 0 Å². The number of nitrogens with zero attached hydrogens (tertiary/aromatic N) is 5.